The maximum absolute atomic E-state index is 5.69. The number of benzene rings is 2. The Kier molecular flexibility index (Phi) is 7.27. The zero-order valence-corrected chi connectivity index (χ0v) is 23.9. The Bertz CT molecular complexity index is 1370. The van der Waals surface area contributed by atoms with Gasteiger partial charge in [-0.05, 0) is 92.8 Å². The quantitative estimate of drug-likeness (QED) is 0.467. The summed E-state index contributed by atoms with van der Waals surface area (Å²) in [7, 11) is 3.42. The summed E-state index contributed by atoms with van der Waals surface area (Å²) in [6.07, 6.45) is 7.28. The first-order valence-corrected chi connectivity index (χ1v) is 14.2. The van der Waals surface area contributed by atoms with Gasteiger partial charge in [0.2, 0.25) is 6.79 Å². The highest BCUT2D eigenvalue weighted by molar-refractivity contribution is 6.16. The summed E-state index contributed by atoms with van der Waals surface area (Å²) in [4.78, 5) is 5.00. The molecule has 40 heavy (non-hydrogen) atoms. The Morgan fingerprint density at radius 3 is 2.50 bits per heavy atom. The molecule has 2 aromatic rings. The fourth-order valence-electron chi connectivity index (χ4n) is 6.32. The third-order valence-corrected chi connectivity index (χ3v) is 8.65. The van der Waals surface area contributed by atoms with Crippen LogP contribution in [0.3, 0.4) is 0 Å². The minimum absolute atomic E-state index is 0.304. The molecule has 1 unspecified atom stereocenters. The van der Waals surface area contributed by atoms with Gasteiger partial charge < -0.3 is 23.8 Å². The van der Waals surface area contributed by atoms with Crippen molar-refractivity contribution in [1.82, 2.24) is 9.80 Å². The van der Waals surface area contributed by atoms with Gasteiger partial charge in [-0.25, -0.2) is 0 Å². The standard InChI is InChI=1S/C32H38N4O4/c1-5-36(24-13-16-35(17-14-24)20-22-6-11-28-29(18-22)40-21-39-28)31-27-19-26(38-4)12-15-32(27,2)30(33-34-31)23-7-9-25(37-3)10-8-23/h6-12,18-19,24H,5,13-17,20-21H2,1-4H3. The number of likely N-dealkylation sites (N-methyl/N-ethyl adjacent to an activating group) is 1. The highest BCUT2D eigenvalue weighted by atomic mass is 16.7. The number of rotatable bonds is 7. The van der Waals surface area contributed by atoms with Crippen LogP contribution in [0.25, 0.3) is 0 Å². The van der Waals surface area contributed by atoms with E-state index in [1.807, 2.05) is 18.2 Å². The maximum atomic E-state index is 5.69. The van der Waals surface area contributed by atoms with E-state index in [0.717, 1.165) is 85.6 Å². The molecule has 1 aliphatic carbocycles. The first-order valence-electron chi connectivity index (χ1n) is 14.2. The monoisotopic (exact) mass is 542 g/mol. The molecule has 4 aliphatic rings. The van der Waals surface area contributed by atoms with Crippen molar-refractivity contribution in [3.8, 4) is 17.2 Å². The zero-order chi connectivity index (χ0) is 27.7. The van der Waals surface area contributed by atoms with Crippen LogP contribution in [0.15, 0.2) is 76.2 Å². The molecule has 1 atom stereocenters. The van der Waals surface area contributed by atoms with Crippen LogP contribution < -0.4 is 14.2 Å². The third kappa shape index (κ3) is 4.85. The molecule has 0 N–H and O–H groups in total. The van der Waals surface area contributed by atoms with Crippen molar-refractivity contribution < 1.29 is 18.9 Å². The van der Waals surface area contributed by atoms with Crippen molar-refractivity contribution in [2.24, 2.45) is 15.6 Å². The summed E-state index contributed by atoms with van der Waals surface area (Å²) in [5.41, 5.74) is 4.17. The molecule has 0 radical (unpaired) electrons. The highest BCUT2D eigenvalue weighted by Crippen LogP contribution is 2.44. The number of ether oxygens (including phenoxy) is 4. The van der Waals surface area contributed by atoms with Gasteiger partial charge in [-0.15, -0.1) is 5.10 Å². The molecular weight excluding hydrogens is 504 g/mol. The number of piperidine rings is 1. The number of allylic oxidation sites excluding steroid dienone is 2. The lowest BCUT2D eigenvalue weighted by molar-refractivity contribution is 0.149. The van der Waals surface area contributed by atoms with Gasteiger partial charge in [0.15, 0.2) is 17.3 Å². The number of fused-ring (bicyclic) bond motifs is 2. The van der Waals surface area contributed by atoms with Crippen molar-refractivity contribution in [2.75, 3.05) is 40.6 Å². The van der Waals surface area contributed by atoms with E-state index in [1.54, 1.807) is 14.2 Å². The molecule has 6 rings (SSSR count). The lowest BCUT2D eigenvalue weighted by Crippen LogP contribution is -2.51. The van der Waals surface area contributed by atoms with Crippen molar-refractivity contribution in [3.63, 3.8) is 0 Å². The number of nitrogens with zero attached hydrogens (tertiary/aromatic N) is 4. The molecule has 3 heterocycles. The van der Waals surface area contributed by atoms with E-state index in [9.17, 15) is 0 Å². The predicted octanol–water partition coefficient (Wildman–Crippen LogP) is 5.39. The Morgan fingerprint density at radius 2 is 1.77 bits per heavy atom. The van der Waals surface area contributed by atoms with Crippen molar-refractivity contribution in [3.05, 3.63) is 77.1 Å². The summed E-state index contributed by atoms with van der Waals surface area (Å²) >= 11 is 0. The SMILES string of the molecule is CCN(C1=NN=C(c2ccc(OC)cc2)C2(C)CC=C(OC)C=C12)C1CCN(Cc2ccc3c(c2)OCO3)CC1. The lowest BCUT2D eigenvalue weighted by atomic mass is 9.69. The second kappa shape index (κ2) is 11.0. The third-order valence-electron chi connectivity index (χ3n) is 8.65. The van der Waals surface area contributed by atoms with E-state index in [0.29, 0.717) is 12.8 Å². The van der Waals surface area contributed by atoms with Crippen molar-refractivity contribution in [2.45, 2.75) is 45.7 Å². The Hall–Kier alpha value is -3.78. The fourth-order valence-corrected chi connectivity index (χ4v) is 6.32. The van der Waals surface area contributed by atoms with Crippen LogP contribution in [-0.4, -0.2) is 68.0 Å². The summed E-state index contributed by atoms with van der Waals surface area (Å²) in [5.74, 6) is 4.37. The predicted molar refractivity (Wildman–Crippen MR) is 156 cm³/mol. The molecule has 210 valence electrons. The van der Waals surface area contributed by atoms with E-state index in [4.69, 9.17) is 29.2 Å². The molecule has 1 fully saturated rings. The summed E-state index contributed by atoms with van der Waals surface area (Å²) in [6, 6.07) is 14.8. The first kappa shape index (κ1) is 26.4. The molecule has 0 aromatic heterocycles. The fraction of sp³-hybridized carbons (Fsp3) is 0.438. The molecule has 1 saturated heterocycles. The van der Waals surface area contributed by atoms with E-state index < -0.39 is 0 Å². The summed E-state index contributed by atoms with van der Waals surface area (Å²) in [6.45, 7) is 8.66. The zero-order valence-electron chi connectivity index (χ0n) is 23.9. The van der Waals surface area contributed by atoms with Crippen LogP contribution >= 0.6 is 0 Å². The van der Waals surface area contributed by atoms with E-state index in [-0.39, 0.29) is 5.41 Å². The van der Waals surface area contributed by atoms with Crippen LogP contribution in [0.2, 0.25) is 0 Å². The van der Waals surface area contributed by atoms with Crippen LogP contribution in [0, 0.1) is 5.41 Å². The van der Waals surface area contributed by atoms with Gasteiger partial charge in [0.05, 0.1) is 19.9 Å². The van der Waals surface area contributed by atoms with Crippen LogP contribution in [0.4, 0.5) is 0 Å². The number of amidine groups is 1. The first-order chi connectivity index (χ1) is 19.5. The number of likely N-dealkylation sites (tertiary alicyclic amines) is 1. The Labute approximate surface area is 236 Å². The van der Waals surface area contributed by atoms with Gasteiger partial charge in [-0.3, -0.25) is 4.90 Å². The Balaban J connectivity index is 1.22. The van der Waals surface area contributed by atoms with Gasteiger partial charge in [-0.1, -0.05) is 6.07 Å². The lowest BCUT2D eigenvalue weighted by Gasteiger charge is -2.44. The van der Waals surface area contributed by atoms with Crippen molar-refractivity contribution in [1.29, 1.82) is 0 Å². The Morgan fingerprint density at radius 1 is 1.00 bits per heavy atom. The average molecular weight is 543 g/mol. The van der Waals surface area contributed by atoms with Gasteiger partial charge in [-0.2, -0.15) is 5.10 Å². The largest absolute Gasteiger partial charge is 0.497 e. The number of hydrogen-bond acceptors (Lipinski definition) is 8. The molecule has 0 spiro atoms. The molecule has 8 heteroatoms. The second-order valence-electron chi connectivity index (χ2n) is 11.0. The van der Waals surface area contributed by atoms with E-state index in [1.165, 1.54) is 11.1 Å². The normalized spacial score (nSPS) is 22.5. The maximum Gasteiger partial charge on any atom is 0.231 e. The molecule has 8 nitrogen and oxygen atoms in total. The minimum Gasteiger partial charge on any atom is -0.497 e. The second-order valence-corrected chi connectivity index (χ2v) is 11.0. The summed E-state index contributed by atoms with van der Waals surface area (Å²) < 4.78 is 22.1. The van der Waals surface area contributed by atoms with Crippen LogP contribution in [0.1, 0.15) is 44.2 Å². The molecule has 2 aromatic carbocycles. The van der Waals surface area contributed by atoms with Gasteiger partial charge in [0, 0.05) is 43.2 Å². The van der Waals surface area contributed by atoms with Crippen LogP contribution in [-0.2, 0) is 11.3 Å². The molecule has 0 amide bonds. The average Bonchev–Trinajstić information content (AvgIpc) is 3.46. The van der Waals surface area contributed by atoms with Gasteiger partial charge in [0.25, 0.3) is 0 Å². The van der Waals surface area contributed by atoms with E-state index in [2.05, 4.69) is 60.1 Å². The molecule has 3 aliphatic heterocycles. The summed E-state index contributed by atoms with van der Waals surface area (Å²) in [5, 5.41) is 9.79. The van der Waals surface area contributed by atoms with Gasteiger partial charge in [0.1, 0.15) is 11.5 Å². The highest BCUT2D eigenvalue weighted by Gasteiger charge is 2.44. The van der Waals surface area contributed by atoms with Crippen LogP contribution in [0.5, 0.6) is 17.2 Å². The van der Waals surface area contributed by atoms with E-state index >= 15 is 0 Å². The molecule has 0 saturated carbocycles. The van der Waals surface area contributed by atoms with Gasteiger partial charge >= 0.3 is 0 Å². The molecule has 0 bridgehead atoms. The van der Waals surface area contributed by atoms with Crippen molar-refractivity contribution >= 4 is 11.5 Å². The smallest absolute Gasteiger partial charge is 0.231 e. The number of methoxy groups -OCH3 is 2. The minimum atomic E-state index is -0.304. The molecular formula is C32H38N4O4. The number of hydrogen-bond donors (Lipinski definition) is 0. The topological polar surface area (TPSA) is 68.1 Å².